The number of Topliss-reactive ketones (excluding diaryl/α,β-unsaturated/α-hetero) is 1. The van der Waals surface area contributed by atoms with E-state index in [1.807, 2.05) is 24.3 Å². The minimum Gasteiger partial charge on any atom is -0.399 e. The second-order valence-corrected chi connectivity index (χ2v) is 5.82. The number of hydrogen-bond donors (Lipinski definition) is 1. The minimum atomic E-state index is 0.113. The van der Waals surface area contributed by atoms with Crippen LogP contribution in [0.15, 0.2) is 53.0 Å². The molecule has 0 radical (unpaired) electrons. The molecule has 1 aliphatic carbocycles. The second-order valence-electron chi connectivity index (χ2n) is 4.96. The van der Waals surface area contributed by atoms with Crippen molar-refractivity contribution in [3.05, 3.63) is 64.1 Å². The minimum absolute atomic E-state index is 0.113. The van der Waals surface area contributed by atoms with E-state index < -0.39 is 0 Å². The molecule has 0 amide bonds. The fourth-order valence-corrected chi connectivity index (χ4v) is 3.08. The van der Waals surface area contributed by atoms with Crippen LogP contribution in [-0.4, -0.2) is 5.78 Å². The van der Waals surface area contributed by atoms with Gasteiger partial charge in [-0.1, -0.05) is 30.3 Å². The first-order chi connectivity index (χ1) is 9.16. The predicted molar refractivity (Wildman–Crippen MR) is 80.2 cm³/mol. The Bertz CT molecular complexity index is 624. The number of benzene rings is 2. The molecule has 96 valence electrons. The van der Waals surface area contributed by atoms with Gasteiger partial charge < -0.3 is 5.73 Å². The van der Waals surface area contributed by atoms with E-state index in [9.17, 15) is 4.79 Å². The maximum absolute atomic E-state index is 12.5. The van der Waals surface area contributed by atoms with Crippen molar-refractivity contribution in [1.29, 1.82) is 0 Å². The molecule has 0 aromatic heterocycles. The summed E-state index contributed by atoms with van der Waals surface area (Å²) in [6.07, 6.45) is 0.944. The van der Waals surface area contributed by atoms with Gasteiger partial charge in [-0.05, 0) is 52.0 Å². The number of carbonyl (C=O) groups excluding carboxylic acids is 1. The number of ketones is 1. The van der Waals surface area contributed by atoms with E-state index in [0.717, 1.165) is 16.5 Å². The van der Waals surface area contributed by atoms with Crippen molar-refractivity contribution in [2.75, 3.05) is 5.73 Å². The van der Waals surface area contributed by atoms with Crippen LogP contribution >= 0.6 is 15.9 Å². The SMILES string of the molecule is Nc1ccc(C(=O)C2CC2c2ccccc2)c(Br)c1. The van der Waals surface area contributed by atoms with Crippen LogP contribution in [0, 0.1) is 5.92 Å². The third-order valence-electron chi connectivity index (χ3n) is 3.61. The second kappa shape index (κ2) is 4.82. The van der Waals surface area contributed by atoms with Crippen LogP contribution in [0.4, 0.5) is 5.69 Å². The van der Waals surface area contributed by atoms with E-state index >= 15 is 0 Å². The molecule has 3 heteroatoms. The molecular formula is C16H14BrNO. The lowest BCUT2D eigenvalue weighted by Gasteiger charge is -2.04. The lowest BCUT2D eigenvalue weighted by atomic mass is 10.0. The van der Waals surface area contributed by atoms with Crippen molar-refractivity contribution >= 4 is 27.4 Å². The molecule has 19 heavy (non-hydrogen) atoms. The summed E-state index contributed by atoms with van der Waals surface area (Å²) in [5.41, 5.74) is 8.35. The molecule has 2 unspecified atom stereocenters. The van der Waals surface area contributed by atoms with E-state index in [-0.39, 0.29) is 11.7 Å². The molecule has 0 spiro atoms. The van der Waals surface area contributed by atoms with Gasteiger partial charge in [0.25, 0.3) is 0 Å². The van der Waals surface area contributed by atoms with E-state index in [1.165, 1.54) is 5.56 Å². The van der Waals surface area contributed by atoms with Gasteiger partial charge in [0.2, 0.25) is 0 Å². The standard InChI is InChI=1S/C16H14BrNO/c17-15-8-11(18)6-7-12(15)16(19)14-9-13(14)10-4-2-1-3-5-10/h1-8,13-14H,9,18H2. The van der Waals surface area contributed by atoms with Gasteiger partial charge in [0.05, 0.1) is 0 Å². The van der Waals surface area contributed by atoms with Gasteiger partial charge in [-0.15, -0.1) is 0 Å². The Morgan fingerprint density at radius 3 is 2.58 bits per heavy atom. The van der Waals surface area contributed by atoms with Gasteiger partial charge in [-0.2, -0.15) is 0 Å². The summed E-state index contributed by atoms with van der Waals surface area (Å²) in [4.78, 5) is 12.5. The topological polar surface area (TPSA) is 43.1 Å². The first kappa shape index (κ1) is 12.4. The molecule has 3 rings (SSSR count). The number of nitrogen functional groups attached to an aromatic ring is 1. The highest BCUT2D eigenvalue weighted by Gasteiger charge is 2.44. The van der Waals surface area contributed by atoms with Crippen LogP contribution in [0.3, 0.4) is 0 Å². The molecule has 0 aliphatic heterocycles. The van der Waals surface area contributed by atoms with E-state index in [4.69, 9.17) is 5.73 Å². The maximum atomic E-state index is 12.5. The van der Waals surface area contributed by atoms with Crippen molar-refractivity contribution in [2.45, 2.75) is 12.3 Å². The molecule has 0 bridgehead atoms. The normalized spacial score (nSPS) is 21.1. The highest BCUT2D eigenvalue weighted by molar-refractivity contribution is 9.10. The number of carbonyl (C=O) groups is 1. The van der Waals surface area contributed by atoms with Gasteiger partial charge in [-0.25, -0.2) is 0 Å². The van der Waals surface area contributed by atoms with Crippen LogP contribution in [0.5, 0.6) is 0 Å². The Morgan fingerprint density at radius 2 is 1.89 bits per heavy atom. The summed E-state index contributed by atoms with van der Waals surface area (Å²) in [5, 5.41) is 0. The Balaban J connectivity index is 1.80. The van der Waals surface area contributed by atoms with Crippen molar-refractivity contribution in [3.8, 4) is 0 Å². The molecule has 2 N–H and O–H groups in total. The van der Waals surface area contributed by atoms with Gasteiger partial charge in [0.1, 0.15) is 0 Å². The van der Waals surface area contributed by atoms with Crippen LogP contribution in [0.2, 0.25) is 0 Å². The molecule has 2 atom stereocenters. The zero-order chi connectivity index (χ0) is 13.4. The Hall–Kier alpha value is -1.61. The fraction of sp³-hybridized carbons (Fsp3) is 0.188. The largest absolute Gasteiger partial charge is 0.399 e. The molecule has 1 aliphatic rings. The van der Waals surface area contributed by atoms with Crippen LogP contribution in [-0.2, 0) is 0 Å². The van der Waals surface area contributed by atoms with Gasteiger partial charge in [-0.3, -0.25) is 4.79 Å². The summed E-state index contributed by atoms with van der Waals surface area (Å²) in [7, 11) is 0. The smallest absolute Gasteiger partial charge is 0.167 e. The predicted octanol–water partition coefficient (Wildman–Crippen LogP) is 4.02. The van der Waals surface area contributed by atoms with Gasteiger partial charge in [0.15, 0.2) is 5.78 Å². The van der Waals surface area contributed by atoms with Crippen LogP contribution in [0.25, 0.3) is 0 Å². The Morgan fingerprint density at radius 1 is 1.16 bits per heavy atom. The highest BCUT2D eigenvalue weighted by atomic mass is 79.9. The maximum Gasteiger partial charge on any atom is 0.167 e. The molecule has 2 aromatic carbocycles. The van der Waals surface area contributed by atoms with Crippen molar-refractivity contribution in [2.24, 2.45) is 5.92 Å². The summed E-state index contributed by atoms with van der Waals surface area (Å²) in [6.45, 7) is 0. The summed E-state index contributed by atoms with van der Waals surface area (Å²) >= 11 is 3.42. The third kappa shape index (κ3) is 2.43. The molecule has 0 saturated heterocycles. The average Bonchev–Trinajstić information content (AvgIpc) is 3.19. The van der Waals surface area contributed by atoms with Crippen LogP contribution in [0.1, 0.15) is 28.3 Å². The lowest BCUT2D eigenvalue weighted by molar-refractivity contribution is 0.0964. The van der Waals surface area contributed by atoms with E-state index in [1.54, 1.807) is 12.1 Å². The first-order valence-corrected chi connectivity index (χ1v) is 7.10. The lowest BCUT2D eigenvalue weighted by Crippen LogP contribution is -2.04. The van der Waals surface area contributed by atoms with Gasteiger partial charge in [0, 0.05) is 21.6 Å². The fourth-order valence-electron chi connectivity index (χ4n) is 2.48. The molecule has 1 saturated carbocycles. The molecule has 1 fully saturated rings. The Kier molecular flexibility index (Phi) is 3.15. The number of nitrogens with two attached hydrogens (primary N) is 1. The number of anilines is 1. The third-order valence-corrected chi connectivity index (χ3v) is 4.27. The first-order valence-electron chi connectivity index (χ1n) is 6.31. The summed E-state index contributed by atoms with van der Waals surface area (Å²) < 4.78 is 0.788. The highest BCUT2D eigenvalue weighted by Crippen LogP contribution is 2.49. The quantitative estimate of drug-likeness (QED) is 0.686. The van der Waals surface area contributed by atoms with Crippen molar-refractivity contribution < 1.29 is 4.79 Å². The monoisotopic (exact) mass is 315 g/mol. The van der Waals surface area contributed by atoms with Crippen molar-refractivity contribution in [3.63, 3.8) is 0 Å². The Labute approximate surface area is 120 Å². The van der Waals surface area contributed by atoms with E-state index in [2.05, 4.69) is 28.1 Å². The van der Waals surface area contributed by atoms with Crippen LogP contribution < -0.4 is 5.73 Å². The van der Waals surface area contributed by atoms with Crippen molar-refractivity contribution in [1.82, 2.24) is 0 Å². The summed E-state index contributed by atoms with van der Waals surface area (Å²) in [5.74, 6) is 0.696. The van der Waals surface area contributed by atoms with E-state index in [0.29, 0.717) is 11.6 Å². The number of halogens is 1. The molecule has 2 aromatic rings. The molecular weight excluding hydrogens is 302 g/mol. The number of rotatable bonds is 3. The zero-order valence-electron chi connectivity index (χ0n) is 10.3. The molecule has 2 nitrogen and oxygen atoms in total. The number of hydrogen-bond acceptors (Lipinski definition) is 2. The van der Waals surface area contributed by atoms with Gasteiger partial charge >= 0.3 is 0 Å². The zero-order valence-corrected chi connectivity index (χ0v) is 11.9. The molecule has 0 heterocycles. The summed E-state index contributed by atoms with van der Waals surface area (Å²) in [6, 6.07) is 15.6. The average molecular weight is 316 g/mol.